The van der Waals surface area contributed by atoms with Crippen LogP contribution < -0.4 is 5.73 Å². The molecular formula is C14H13FN4S. The Balaban J connectivity index is 1.85. The topological polar surface area (TPSA) is 56.2 Å². The summed E-state index contributed by atoms with van der Waals surface area (Å²) in [4.78, 5) is 5.27. The van der Waals surface area contributed by atoms with Gasteiger partial charge in [-0.1, -0.05) is 18.2 Å². The number of nitrogens with zero attached hydrogens (tertiary/aromatic N) is 3. The number of nitrogens with two attached hydrogens (primary N) is 1. The van der Waals surface area contributed by atoms with Gasteiger partial charge in [-0.25, -0.2) is 8.91 Å². The number of fused-ring (bicyclic) bond motifs is 1. The number of rotatable bonds is 4. The van der Waals surface area contributed by atoms with Crippen molar-refractivity contribution in [3.05, 3.63) is 52.5 Å². The van der Waals surface area contributed by atoms with Crippen molar-refractivity contribution in [2.75, 3.05) is 6.54 Å². The van der Waals surface area contributed by atoms with Crippen LogP contribution in [0.15, 0.2) is 29.6 Å². The second kappa shape index (κ2) is 5.52. The van der Waals surface area contributed by atoms with Gasteiger partial charge in [0, 0.05) is 11.8 Å². The second-order valence-corrected chi connectivity index (χ2v) is 5.15. The molecule has 0 spiro atoms. The largest absolute Gasteiger partial charge is 0.330 e. The minimum Gasteiger partial charge on any atom is -0.330 e. The summed E-state index contributed by atoms with van der Waals surface area (Å²) in [5.41, 5.74) is 7.54. The van der Waals surface area contributed by atoms with E-state index >= 15 is 0 Å². The summed E-state index contributed by atoms with van der Waals surface area (Å²) in [5.74, 6) is 0.397. The van der Waals surface area contributed by atoms with Gasteiger partial charge in [0.15, 0.2) is 5.82 Å². The van der Waals surface area contributed by atoms with Crippen molar-refractivity contribution in [1.82, 2.24) is 14.6 Å². The molecular weight excluding hydrogens is 275 g/mol. The van der Waals surface area contributed by atoms with Crippen molar-refractivity contribution >= 4 is 28.4 Å². The number of hydrogen-bond donors (Lipinski definition) is 1. The molecule has 2 N–H and O–H groups in total. The predicted molar refractivity (Wildman–Crippen MR) is 79.0 cm³/mol. The predicted octanol–water partition coefficient (Wildman–Crippen LogP) is 2.60. The fraction of sp³-hybridized carbons (Fsp3) is 0.143. The average molecular weight is 288 g/mol. The third-order valence-corrected chi connectivity index (χ3v) is 3.73. The molecule has 0 saturated carbocycles. The zero-order valence-electron chi connectivity index (χ0n) is 10.7. The molecule has 20 heavy (non-hydrogen) atoms. The van der Waals surface area contributed by atoms with Gasteiger partial charge in [-0.05, 0) is 30.3 Å². The standard InChI is InChI=1S/C14H13FN4S/c15-11-4-1-10(2-5-11)3-6-13-17-14-19(18-13)12(7-8-16)9-20-14/h1-6,9H,7-8,16H2/b6-3+. The van der Waals surface area contributed by atoms with Gasteiger partial charge < -0.3 is 5.73 Å². The second-order valence-electron chi connectivity index (χ2n) is 4.31. The maximum atomic E-state index is 12.8. The lowest BCUT2D eigenvalue weighted by molar-refractivity contribution is 0.628. The molecule has 0 unspecified atom stereocenters. The summed E-state index contributed by atoms with van der Waals surface area (Å²) in [6.45, 7) is 0.590. The Morgan fingerprint density at radius 3 is 2.80 bits per heavy atom. The third-order valence-electron chi connectivity index (χ3n) is 2.86. The van der Waals surface area contributed by atoms with Crippen molar-refractivity contribution in [2.24, 2.45) is 5.73 Å². The van der Waals surface area contributed by atoms with Crippen LogP contribution in [0.3, 0.4) is 0 Å². The van der Waals surface area contributed by atoms with Crippen LogP contribution in [-0.2, 0) is 6.42 Å². The van der Waals surface area contributed by atoms with Gasteiger partial charge in [0.2, 0.25) is 4.96 Å². The van der Waals surface area contributed by atoms with E-state index in [1.165, 1.54) is 12.1 Å². The highest BCUT2D eigenvalue weighted by Gasteiger charge is 2.07. The normalized spacial score (nSPS) is 11.7. The Kier molecular flexibility index (Phi) is 3.58. The summed E-state index contributed by atoms with van der Waals surface area (Å²) in [6, 6.07) is 6.28. The molecule has 3 rings (SSSR count). The number of aromatic nitrogens is 3. The van der Waals surface area contributed by atoms with Crippen LogP contribution in [0.5, 0.6) is 0 Å². The summed E-state index contributed by atoms with van der Waals surface area (Å²) in [5, 5.41) is 6.45. The first-order valence-electron chi connectivity index (χ1n) is 6.23. The summed E-state index contributed by atoms with van der Waals surface area (Å²) >= 11 is 1.55. The molecule has 0 aliphatic rings. The minimum atomic E-state index is -0.241. The lowest BCUT2D eigenvalue weighted by atomic mass is 10.2. The maximum Gasteiger partial charge on any atom is 0.212 e. The van der Waals surface area contributed by atoms with E-state index in [1.807, 2.05) is 22.0 Å². The van der Waals surface area contributed by atoms with Crippen molar-refractivity contribution in [3.63, 3.8) is 0 Å². The molecule has 3 aromatic rings. The van der Waals surface area contributed by atoms with Crippen LogP contribution in [0, 0.1) is 5.82 Å². The Hall–Kier alpha value is -2.05. The number of halogens is 1. The van der Waals surface area contributed by atoms with Crippen LogP contribution in [0.25, 0.3) is 17.1 Å². The highest BCUT2D eigenvalue weighted by molar-refractivity contribution is 7.15. The maximum absolute atomic E-state index is 12.8. The summed E-state index contributed by atoms with van der Waals surface area (Å²) in [7, 11) is 0. The molecule has 0 aliphatic heterocycles. The van der Waals surface area contributed by atoms with Crippen LogP contribution in [0.4, 0.5) is 4.39 Å². The lowest BCUT2D eigenvalue weighted by Crippen LogP contribution is -2.05. The van der Waals surface area contributed by atoms with E-state index in [2.05, 4.69) is 10.1 Å². The summed E-state index contributed by atoms with van der Waals surface area (Å²) < 4.78 is 14.6. The average Bonchev–Trinajstić information content (AvgIpc) is 3.00. The monoisotopic (exact) mass is 288 g/mol. The fourth-order valence-corrected chi connectivity index (χ4v) is 2.74. The molecule has 2 heterocycles. The van der Waals surface area contributed by atoms with Gasteiger partial charge in [0.25, 0.3) is 0 Å². The van der Waals surface area contributed by atoms with Crippen molar-refractivity contribution < 1.29 is 4.39 Å². The lowest BCUT2D eigenvalue weighted by Gasteiger charge is -1.93. The van der Waals surface area contributed by atoms with E-state index in [9.17, 15) is 4.39 Å². The van der Waals surface area contributed by atoms with Gasteiger partial charge >= 0.3 is 0 Å². The van der Waals surface area contributed by atoms with E-state index < -0.39 is 0 Å². The molecule has 1 aromatic carbocycles. The van der Waals surface area contributed by atoms with Crippen molar-refractivity contribution in [1.29, 1.82) is 0 Å². The molecule has 6 heteroatoms. The highest BCUT2D eigenvalue weighted by atomic mass is 32.1. The summed E-state index contributed by atoms with van der Waals surface area (Å²) in [6.07, 6.45) is 4.46. The van der Waals surface area contributed by atoms with E-state index in [0.29, 0.717) is 12.4 Å². The van der Waals surface area contributed by atoms with Crippen molar-refractivity contribution in [3.8, 4) is 0 Å². The third kappa shape index (κ3) is 2.61. The van der Waals surface area contributed by atoms with E-state index in [-0.39, 0.29) is 5.82 Å². The van der Waals surface area contributed by atoms with E-state index in [0.717, 1.165) is 22.6 Å². The molecule has 4 nitrogen and oxygen atoms in total. The Morgan fingerprint density at radius 1 is 1.25 bits per heavy atom. The highest BCUT2D eigenvalue weighted by Crippen LogP contribution is 2.16. The first kappa shape index (κ1) is 13.0. The molecule has 0 atom stereocenters. The molecule has 0 bridgehead atoms. The zero-order chi connectivity index (χ0) is 13.9. The Bertz CT molecular complexity index is 742. The van der Waals surface area contributed by atoms with Crippen LogP contribution in [-0.4, -0.2) is 21.1 Å². The SMILES string of the molecule is NCCc1csc2nc(/C=C/c3ccc(F)cc3)nn12. The van der Waals surface area contributed by atoms with Crippen LogP contribution in [0.2, 0.25) is 0 Å². The smallest absolute Gasteiger partial charge is 0.212 e. The minimum absolute atomic E-state index is 0.241. The first-order valence-corrected chi connectivity index (χ1v) is 7.11. The van der Waals surface area contributed by atoms with E-state index in [4.69, 9.17) is 5.73 Å². The zero-order valence-corrected chi connectivity index (χ0v) is 11.5. The van der Waals surface area contributed by atoms with Crippen LogP contribution >= 0.6 is 11.3 Å². The van der Waals surface area contributed by atoms with Crippen molar-refractivity contribution in [2.45, 2.75) is 6.42 Å². The van der Waals surface area contributed by atoms with Gasteiger partial charge in [-0.3, -0.25) is 0 Å². The number of hydrogen-bond acceptors (Lipinski definition) is 4. The molecule has 0 radical (unpaired) electrons. The first-order chi connectivity index (χ1) is 9.76. The Labute approximate surface area is 119 Å². The number of thiazole rings is 1. The molecule has 0 aliphatic carbocycles. The Morgan fingerprint density at radius 2 is 2.05 bits per heavy atom. The molecule has 0 amide bonds. The van der Waals surface area contributed by atoms with Gasteiger partial charge in [-0.2, -0.15) is 4.98 Å². The van der Waals surface area contributed by atoms with E-state index in [1.54, 1.807) is 23.5 Å². The van der Waals surface area contributed by atoms with Gasteiger partial charge in [-0.15, -0.1) is 16.4 Å². The van der Waals surface area contributed by atoms with Gasteiger partial charge in [0.05, 0.1) is 5.69 Å². The molecule has 102 valence electrons. The van der Waals surface area contributed by atoms with Gasteiger partial charge in [0.1, 0.15) is 5.82 Å². The number of benzene rings is 1. The quantitative estimate of drug-likeness (QED) is 0.803. The van der Waals surface area contributed by atoms with Crippen LogP contribution in [0.1, 0.15) is 17.1 Å². The molecule has 0 saturated heterocycles. The molecule has 0 fully saturated rings. The molecule has 2 aromatic heterocycles. The fourth-order valence-electron chi connectivity index (χ4n) is 1.87.